The van der Waals surface area contributed by atoms with Crippen LogP contribution in [0.2, 0.25) is 0 Å². The van der Waals surface area contributed by atoms with Crippen molar-refractivity contribution in [3.63, 3.8) is 0 Å². The van der Waals surface area contributed by atoms with Crippen LogP contribution in [0.3, 0.4) is 0 Å². The zero-order valence-corrected chi connectivity index (χ0v) is 5.04. The van der Waals surface area contributed by atoms with Gasteiger partial charge in [0.15, 0.2) is 0 Å². The van der Waals surface area contributed by atoms with E-state index in [9.17, 15) is 0 Å². The molecule has 0 aromatic heterocycles. The summed E-state index contributed by atoms with van der Waals surface area (Å²) in [6, 6.07) is 0.343. The molecule has 1 aliphatic rings. The SMILES string of the molecule is C[N+](N)(N)C1C=CC1. The van der Waals surface area contributed by atoms with Crippen molar-refractivity contribution >= 4 is 0 Å². The van der Waals surface area contributed by atoms with E-state index < -0.39 is 0 Å². The monoisotopic (exact) mass is 114 g/mol. The Morgan fingerprint density at radius 2 is 2.12 bits per heavy atom. The fourth-order valence-electron chi connectivity index (χ4n) is 0.670. The van der Waals surface area contributed by atoms with E-state index in [0.29, 0.717) is 6.04 Å². The van der Waals surface area contributed by atoms with E-state index in [2.05, 4.69) is 6.08 Å². The van der Waals surface area contributed by atoms with Crippen LogP contribution in [0.4, 0.5) is 0 Å². The van der Waals surface area contributed by atoms with Crippen LogP contribution in [0, 0.1) is 0 Å². The Bertz CT molecular complexity index is 111. The van der Waals surface area contributed by atoms with Crippen LogP contribution in [0.15, 0.2) is 12.2 Å². The first-order valence-corrected chi connectivity index (χ1v) is 2.70. The van der Waals surface area contributed by atoms with Gasteiger partial charge in [0.25, 0.3) is 0 Å². The Labute approximate surface area is 49.1 Å². The van der Waals surface area contributed by atoms with Gasteiger partial charge in [-0.2, -0.15) is 16.4 Å². The van der Waals surface area contributed by atoms with Gasteiger partial charge in [-0.05, 0) is 6.08 Å². The molecule has 1 rings (SSSR count). The molecule has 0 aliphatic heterocycles. The van der Waals surface area contributed by atoms with Gasteiger partial charge in [0.1, 0.15) is 13.1 Å². The highest BCUT2D eigenvalue weighted by atomic mass is 15.7. The number of rotatable bonds is 1. The van der Waals surface area contributed by atoms with Crippen molar-refractivity contribution in [2.75, 3.05) is 7.05 Å². The van der Waals surface area contributed by atoms with Gasteiger partial charge in [0, 0.05) is 6.42 Å². The molecule has 0 heterocycles. The predicted octanol–water partition coefficient (Wildman–Crippen LogP) is -0.491. The molecule has 46 valence electrons. The Hall–Kier alpha value is -0.380. The van der Waals surface area contributed by atoms with Crippen LogP contribution in [-0.2, 0) is 0 Å². The lowest BCUT2D eigenvalue weighted by atomic mass is 10.0. The number of hydrogen-bond acceptors (Lipinski definition) is 2. The van der Waals surface area contributed by atoms with Gasteiger partial charge in [0.2, 0.25) is 0 Å². The normalized spacial score (nSPS) is 27.6. The Balaban J connectivity index is 2.48. The summed E-state index contributed by atoms with van der Waals surface area (Å²) in [6.45, 7) is 0. The van der Waals surface area contributed by atoms with Crippen molar-refractivity contribution in [3.8, 4) is 0 Å². The average molecular weight is 114 g/mol. The molecule has 0 saturated heterocycles. The molecule has 4 N–H and O–H groups in total. The standard InChI is InChI=1S/C5H12N3/c1-8(6,7)5-3-2-4-5/h2-3,5H,4,6-7H2,1H3/q+1. The fourth-order valence-corrected chi connectivity index (χ4v) is 0.670. The zero-order chi connectivity index (χ0) is 6.20. The maximum atomic E-state index is 5.50. The second-order valence-electron chi connectivity index (χ2n) is 2.45. The van der Waals surface area contributed by atoms with Crippen LogP contribution in [0.1, 0.15) is 6.42 Å². The molecule has 1 aliphatic carbocycles. The van der Waals surface area contributed by atoms with Gasteiger partial charge in [0.05, 0.1) is 0 Å². The predicted molar refractivity (Wildman–Crippen MR) is 32.1 cm³/mol. The Morgan fingerprint density at radius 3 is 2.12 bits per heavy atom. The molecule has 0 radical (unpaired) electrons. The highest BCUT2D eigenvalue weighted by molar-refractivity contribution is 5.03. The van der Waals surface area contributed by atoms with Crippen molar-refractivity contribution in [2.45, 2.75) is 12.5 Å². The summed E-state index contributed by atoms with van der Waals surface area (Å²) < 4.78 is 0.0799. The average Bonchev–Trinajstić information content (AvgIpc) is 1.16. The lowest BCUT2D eigenvalue weighted by Crippen LogP contribution is -2.63. The molecule has 8 heavy (non-hydrogen) atoms. The second-order valence-corrected chi connectivity index (χ2v) is 2.45. The number of hydrogen-bond donors (Lipinski definition) is 2. The van der Waals surface area contributed by atoms with Gasteiger partial charge in [-0.3, -0.25) is 0 Å². The molecule has 0 aromatic rings. The van der Waals surface area contributed by atoms with Gasteiger partial charge >= 0.3 is 0 Å². The third kappa shape index (κ3) is 0.888. The Kier molecular flexibility index (Phi) is 1.11. The maximum Gasteiger partial charge on any atom is 0.146 e. The van der Waals surface area contributed by atoms with Gasteiger partial charge in [-0.1, -0.05) is 6.08 Å². The van der Waals surface area contributed by atoms with E-state index in [1.165, 1.54) is 0 Å². The molecule has 3 heteroatoms. The summed E-state index contributed by atoms with van der Waals surface area (Å²) >= 11 is 0. The number of nitrogens with zero attached hydrogens (tertiary/aromatic N) is 1. The quantitative estimate of drug-likeness (QED) is 0.209. The third-order valence-corrected chi connectivity index (χ3v) is 1.45. The summed E-state index contributed by atoms with van der Waals surface area (Å²) in [5, 5.41) is 0. The molecule has 3 nitrogen and oxygen atoms in total. The molecule has 1 atom stereocenters. The number of likely N-dealkylation sites (N-methyl/N-ethyl adjacent to an activating group) is 1. The van der Waals surface area contributed by atoms with E-state index in [0.717, 1.165) is 6.42 Å². The van der Waals surface area contributed by atoms with Crippen LogP contribution in [-0.4, -0.2) is 17.8 Å². The minimum Gasteiger partial charge on any atom is -0.172 e. The molecule has 0 bridgehead atoms. The Morgan fingerprint density at radius 1 is 1.62 bits per heavy atom. The van der Waals surface area contributed by atoms with Gasteiger partial charge < -0.3 is 0 Å². The van der Waals surface area contributed by atoms with Crippen molar-refractivity contribution in [3.05, 3.63) is 12.2 Å². The lowest BCUT2D eigenvalue weighted by Gasteiger charge is -2.31. The number of nitrogens with two attached hydrogens (primary N) is 2. The molecule has 0 aromatic carbocycles. The molecular formula is C5H12N3+. The molecular weight excluding hydrogens is 102 g/mol. The van der Waals surface area contributed by atoms with Crippen molar-refractivity contribution in [2.24, 2.45) is 11.7 Å². The molecule has 0 fully saturated rings. The number of quaternary nitrogens is 1. The molecule has 0 spiro atoms. The lowest BCUT2D eigenvalue weighted by molar-refractivity contribution is -0.951. The first-order chi connectivity index (χ1) is 3.61. The van der Waals surface area contributed by atoms with Crippen molar-refractivity contribution < 1.29 is 4.70 Å². The van der Waals surface area contributed by atoms with Crippen LogP contribution >= 0.6 is 0 Å². The van der Waals surface area contributed by atoms with Gasteiger partial charge in [-0.15, -0.1) is 0 Å². The van der Waals surface area contributed by atoms with Crippen LogP contribution < -0.4 is 11.7 Å². The van der Waals surface area contributed by atoms with Crippen molar-refractivity contribution in [1.82, 2.24) is 0 Å². The summed E-state index contributed by atoms with van der Waals surface area (Å²) in [5.74, 6) is 11.0. The van der Waals surface area contributed by atoms with Gasteiger partial charge in [-0.25, -0.2) is 0 Å². The maximum absolute atomic E-state index is 5.50. The summed E-state index contributed by atoms with van der Waals surface area (Å²) in [5.41, 5.74) is 0. The second kappa shape index (κ2) is 1.55. The van der Waals surface area contributed by atoms with E-state index in [-0.39, 0.29) is 4.70 Å². The first-order valence-electron chi connectivity index (χ1n) is 2.70. The summed E-state index contributed by atoms with van der Waals surface area (Å²) in [4.78, 5) is 0. The molecule has 0 amide bonds. The zero-order valence-electron chi connectivity index (χ0n) is 5.04. The van der Waals surface area contributed by atoms with E-state index in [1.54, 1.807) is 7.05 Å². The third-order valence-electron chi connectivity index (χ3n) is 1.45. The van der Waals surface area contributed by atoms with E-state index in [1.807, 2.05) is 6.08 Å². The topological polar surface area (TPSA) is 52.0 Å². The van der Waals surface area contributed by atoms with E-state index in [4.69, 9.17) is 11.7 Å². The van der Waals surface area contributed by atoms with Crippen LogP contribution in [0.5, 0.6) is 0 Å². The highest BCUT2D eigenvalue weighted by Crippen LogP contribution is 2.13. The highest BCUT2D eigenvalue weighted by Gasteiger charge is 2.26. The molecule has 1 unspecified atom stereocenters. The van der Waals surface area contributed by atoms with E-state index >= 15 is 0 Å². The summed E-state index contributed by atoms with van der Waals surface area (Å²) in [7, 11) is 1.79. The minimum atomic E-state index is 0.0799. The van der Waals surface area contributed by atoms with Crippen molar-refractivity contribution in [1.29, 1.82) is 0 Å². The smallest absolute Gasteiger partial charge is 0.146 e. The first kappa shape index (κ1) is 5.75. The minimum absolute atomic E-state index is 0.0799. The fraction of sp³-hybridized carbons (Fsp3) is 0.600. The summed E-state index contributed by atoms with van der Waals surface area (Å²) in [6.07, 6.45) is 5.12. The molecule has 0 saturated carbocycles. The largest absolute Gasteiger partial charge is 0.172 e. The van der Waals surface area contributed by atoms with Crippen LogP contribution in [0.25, 0.3) is 0 Å².